The molecule has 3 rings (SSSR count). The second-order valence-electron chi connectivity index (χ2n) is 6.61. The number of carbonyl (C=O) groups excluding carboxylic acids is 1. The molecule has 0 saturated carbocycles. The van der Waals surface area contributed by atoms with E-state index in [-0.39, 0.29) is 12.0 Å². The van der Waals surface area contributed by atoms with Crippen molar-refractivity contribution in [3.05, 3.63) is 35.4 Å². The van der Waals surface area contributed by atoms with Gasteiger partial charge in [-0.3, -0.25) is 4.79 Å². The molecule has 2 N–H and O–H groups in total. The van der Waals surface area contributed by atoms with Crippen molar-refractivity contribution in [3.63, 3.8) is 0 Å². The van der Waals surface area contributed by atoms with Crippen molar-refractivity contribution in [1.82, 2.24) is 4.90 Å². The fourth-order valence-electron chi connectivity index (χ4n) is 3.85. The molecule has 1 aromatic rings. The van der Waals surface area contributed by atoms with Crippen molar-refractivity contribution in [2.45, 2.75) is 45.1 Å². The molecule has 0 radical (unpaired) electrons. The van der Waals surface area contributed by atoms with Crippen molar-refractivity contribution in [2.75, 3.05) is 13.1 Å². The first-order chi connectivity index (χ1) is 10.2. The lowest BCUT2D eigenvalue weighted by molar-refractivity contribution is -0.138. The first-order valence-corrected chi connectivity index (χ1v) is 8.30. The second kappa shape index (κ2) is 6.18. The maximum atomic E-state index is 12.8. The molecule has 3 nitrogen and oxygen atoms in total. The average Bonchev–Trinajstić information content (AvgIpc) is 2.54. The van der Waals surface area contributed by atoms with Crippen LogP contribution in [0.5, 0.6) is 0 Å². The van der Waals surface area contributed by atoms with Crippen LogP contribution in [0.15, 0.2) is 24.3 Å². The van der Waals surface area contributed by atoms with Gasteiger partial charge in [-0.25, -0.2) is 0 Å². The van der Waals surface area contributed by atoms with Crippen LogP contribution in [0.25, 0.3) is 0 Å². The molecule has 2 aliphatic rings. The zero-order valence-electron chi connectivity index (χ0n) is 12.9. The number of likely N-dealkylation sites (tertiary alicyclic amines) is 1. The summed E-state index contributed by atoms with van der Waals surface area (Å²) in [7, 11) is 0. The number of rotatable bonds is 2. The van der Waals surface area contributed by atoms with Crippen molar-refractivity contribution >= 4 is 5.91 Å². The third-order valence-corrected chi connectivity index (χ3v) is 5.32. The van der Waals surface area contributed by atoms with E-state index in [0.717, 1.165) is 45.2 Å². The van der Waals surface area contributed by atoms with Crippen LogP contribution in [0.1, 0.15) is 37.3 Å². The Balaban J connectivity index is 1.67. The largest absolute Gasteiger partial charge is 0.342 e. The van der Waals surface area contributed by atoms with E-state index in [0.29, 0.717) is 11.8 Å². The van der Waals surface area contributed by atoms with Gasteiger partial charge in [0.2, 0.25) is 5.91 Å². The van der Waals surface area contributed by atoms with E-state index in [9.17, 15) is 4.79 Å². The molecule has 0 spiro atoms. The Morgan fingerprint density at radius 2 is 2.05 bits per heavy atom. The Labute approximate surface area is 127 Å². The molecule has 1 aliphatic heterocycles. The normalized spacial score (nSPS) is 29.0. The highest BCUT2D eigenvalue weighted by molar-refractivity contribution is 5.79. The first kappa shape index (κ1) is 14.6. The lowest BCUT2D eigenvalue weighted by atomic mass is 9.82. The lowest BCUT2D eigenvalue weighted by Gasteiger charge is -2.39. The second-order valence-corrected chi connectivity index (χ2v) is 6.61. The molecule has 1 amide bonds. The molecule has 114 valence electrons. The van der Waals surface area contributed by atoms with Crippen molar-refractivity contribution in [1.29, 1.82) is 0 Å². The van der Waals surface area contributed by atoms with Crippen LogP contribution in [-0.4, -0.2) is 29.9 Å². The van der Waals surface area contributed by atoms with Gasteiger partial charge in [0.15, 0.2) is 0 Å². The number of carbonyl (C=O) groups is 1. The molecule has 0 aromatic heterocycles. The summed E-state index contributed by atoms with van der Waals surface area (Å²) in [4.78, 5) is 14.9. The number of benzene rings is 1. The van der Waals surface area contributed by atoms with Gasteiger partial charge in [-0.1, -0.05) is 37.6 Å². The van der Waals surface area contributed by atoms with Crippen LogP contribution in [0.2, 0.25) is 0 Å². The number of aryl methyl sites for hydroxylation is 1. The van der Waals surface area contributed by atoms with Crippen LogP contribution >= 0.6 is 0 Å². The van der Waals surface area contributed by atoms with Gasteiger partial charge in [0, 0.05) is 25.0 Å². The van der Waals surface area contributed by atoms with Gasteiger partial charge in [-0.05, 0) is 42.7 Å². The highest BCUT2D eigenvalue weighted by Crippen LogP contribution is 2.28. The molecule has 1 saturated heterocycles. The number of piperidine rings is 1. The van der Waals surface area contributed by atoms with E-state index in [1.807, 2.05) is 0 Å². The Bertz CT molecular complexity index is 514. The SMILES string of the molecule is CCC1CN(C(=O)C2CCc3ccccc3C2)CCC1N. The third-order valence-electron chi connectivity index (χ3n) is 5.32. The van der Waals surface area contributed by atoms with E-state index in [2.05, 4.69) is 36.1 Å². The van der Waals surface area contributed by atoms with E-state index < -0.39 is 0 Å². The summed E-state index contributed by atoms with van der Waals surface area (Å²) in [6, 6.07) is 8.82. The minimum atomic E-state index is 0.173. The van der Waals surface area contributed by atoms with E-state index in [1.54, 1.807) is 0 Å². The number of nitrogens with two attached hydrogens (primary N) is 1. The predicted molar refractivity (Wildman–Crippen MR) is 84.9 cm³/mol. The summed E-state index contributed by atoms with van der Waals surface area (Å²) in [6.07, 6.45) is 4.96. The summed E-state index contributed by atoms with van der Waals surface area (Å²) < 4.78 is 0. The number of amides is 1. The minimum absolute atomic E-state index is 0.173. The summed E-state index contributed by atoms with van der Waals surface area (Å²) in [5.74, 6) is 1.00. The zero-order valence-corrected chi connectivity index (χ0v) is 12.9. The molecule has 3 heteroatoms. The average molecular weight is 286 g/mol. The van der Waals surface area contributed by atoms with E-state index in [4.69, 9.17) is 5.73 Å². The third kappa shape index (κ3) is 2.98. The van der Waals surface area contributed by atoms with Gasteiger partial charge < -0.3 is 10.6 Å². The smallest absolute Gasteiger partial charge is 0.226 e. The molecule has 21 heavy (non-hydrogen) atoms. The van der Waals surface area contributed by atoms with Crippen molar-refractivity contribution in [3.8, 4) is 0 Å². The summed E-state index contributed by atoms with van der Waals surface area (Å²) >= 11 is 0. The summed E-state index contributed by atoms with van der Waals surface area (Å²) in [6.45, 7) is 3.87. The van der Waals surface area contributed by atoms with Crippen LogP contribution in [0, 0.1) is 11.8 Å². The summed E-state index contributed by atoms with van der Waals surface area (Å²) in [5, 5.41) is 0. The van der Waals surface area contributed by atoms with Crippen LogP contribution < -0.4 is 5.73 Å². The van der Waals surface area contributed by atoms with E-state index in [1.165, 1.54) is 11.1 Å². The monoisotopic (exact) mass is 286 g/mol. The zero-order chi connectivity index (χ0) is 14.8. The quantitative estimate of drug-likeness (QED) is 0.907. The molecule has 1 aromatic carbocycles. The fraction of sp³-hybridized carbons (Fsp3) is 0.611. The van der Waals surface area contributed by atoms with Gasteiger partial charge in [0.25, 0.3) is 0 Å². The molecule has 1 heterocycles. The van der Waals surface area contributed by atoms with Gasteiger partial charge in [0.1, 0.15) is 0 Å². The number of fused-ring (bicyclic) bond motifs is 1. The molecule has 3 atom stereocenters. The Morgan fingerprint density at radius 3 is 2.81 bits per heavy atom. The van der Waals surface area contributed by atoms with Gasteiger partial charge in [0.05, 0.1) is 0 Å². The molecule has 1 aliphatic carbocycles. The highest BCUT2D eigenvalue weighted by Gasteiger charge is 2.33. The Kier molecular flexibility index (Phi) is 4.29. The van der Waals surface area contributed by atoms with Crippen molar-refractivity contribution < 1.29 is 4.79 Å². The van der Waals surface area contributed by atoms with E-state index >= 15 is 0 Å². The minimum Gasteiger partial charge on any atom is -0.342 e. The highest BCUT2D eigenvalue weighted by atomic mass is 16.2. The maximum absolute atomic E-state index is 12.8. The Hall–Kier alpha value is -1.35. The molecule has 1 fully saturated rings. The molecule has 0 bridgehead atoms. The lowest BCUT2D eigenvalue weighted by Crippen LogP contribution is -2.51. The molecular formula is C18H26N2O. The van der Waals surface area contributed by atoms with Gasteiger partial charge in [-0.2, -0.15) is 0 Å². The number of hydrogen-bond acceptors (Lipinski definition) is 2. The van der Waals surface area contributed by atoms with Crippen LogP contribution in [-0.2, 0) is 17.6 Å². The fourth-order valence-corrected chi connectivity index (χ4v) is 3.85. The van der Waals surface area contributed by atoms with Gasteiger partial charge >= 0.3 is 0 Å². The standard InChI is InChI=1S/C18H26N2O/c1-2-13-12-20(10-9-17(13)19)18(21)16-8-7-14-5-3-4-6-15(14)11-16/h3-6,13,16-17H,2,7-12,19H2,1H3. The topological polar surface area (TPSA) is 46.3 Å². The predicted octanol–water partition coefficient (Wildman–Crippen LogP) is 2.38. The maximum Gasteiger partial charge on any atom is 0.226 e. The van der Waals surface area contributed by atoms with Crippen molar-refractivity contribution in [2.24, 2.45) is 17.6 Å². The number of nitrogens with zero attached hydrogens (tertiary/aromatic N) is 1. The van der Waals surface area contributed by atoms with Crippen LogP contribution in [0.3, 0.4) is 0 Å². The van der Waals surface area contributed by atoms with Gasteiger partial charge in [-0.15, -0.1) is 0 Å². The number of hydrogen-bond donors (Lipinski definition) is 1. The molecular weight excluding hydrogens is 260 g/mol. The summed E-state index contributed by atoms with van der Waals surface area (Å²) in [5.41, 5.74) is 8.94. The first-order valence-electron chi connectivity index (χ1n) is 8.30. The molecule has 3 unspecified atom stereocenters. The van der Waals surface area contributed by atoms with Crippen LogP contribution in [0.4, 0.5) is 0 Å². The Morgan fingerprint density at radius 1 is 1.29 bits per heavy atom.